The van der Waals surface area contributed by atoms with Gasteiger partial charge in [-0.25, -0.2) is 9.97 Å². The maximum absolute atomic E-state index is 12.4. The summed E-state index contributed by atoms with van der Waals surface area (Å²) in [6.07, 6.45) is 8.91. The third kappa shape index (κ3) is 5.88. The van der Waals surface area contributed by atoms with Gasteiger partial charge in [-0.05, 0) is 75.2 Å². The Morgan fingerprint density at radius 1 is 0.767 bits per heavy atom. The first-order valence-electron chi connectivity index (χ1n) is 13.8. The van der Waals surface area contributed by atoms with E-state index in [1.54, 1.807) is 36.7 Å². The third-order valence-electron chi connectivity index (χ3n) is 7.56. The summed E-state index contributed by atoms with van der Waals surface area (Å²) in [6.45, 7) is 8.58. The van der Waals surface area contributed by atoms with Gasteiger partial charge in [0.2, 0.25) is 0 Å². The van der Waals surface area contributed by atoms with Crippen molar-refractivity contribution in [1.82, 2.24) is 19.5 Å². The molecule has 4 aromatic heterocycles. The molecule has 8 heteroatoms. The summed E-state index contributed by atoms with van der Waals surface area (Å²) in [5.74, 6) is 3.42. The number of nitrogens with zero attached hydrogens (tertiary/aromatic N) is 3. The van der Waals surface area contributed by atoms with Gasteiger partial charge in [0.25, 0.3) is 11.8 Å². The molecule has 0 saturated heterocycles. The van der Waals surface area contributed by atoms with E-state index in [4.69, 9.17) is 6.42 Å². The molecule has 0 fully saturated rings. The number of carbonyl (C=O) groups excluding carboxylic acids is 2. The van der Waals surface area contributed by atoms with Crippen LogP contribution in [-0.4, -0.2) is 31.3 Å². The second-order valence-electron chi connectivity index (χ2n) is 10.2. The van der Waals surface area contributed by atoms with Gasteiger partial charge in [-0.3, -0.25) is 9.59 Å². The van der Waals surface area contributed by atoms with Crippen LogP contribution in [0.25, 0.3) is 21.8 Å². The van der Waals surface area contributed by atoms with E-state index in [9.17, 15) is 9.59 Å². The number of aromatic nitrogens is 4. The Labute approximate surface area is 250 Å². The first-order valence-corrected chi connectivity index (χ1v) is 13.8. The third-order valence-corrected chi connectivity index (χ3v) is 7.56. The van der Waals surface area contributed by atoms with E-state index >= 15 is 0 Å². The quantitative estimate of drug-likeness (QED) is 0.195. The SMILES string of the molecule is C#CCn1c(C)c(C)c2ccnc(NC(=O)c3ccccc3)c21.Cc1[nH]c2c(NC(=O)c3ccccc3)nccc2c1C. The highest BCUT2D eigenvalue weighted by Gasteiger charge is 2.17. The van der Waals surface area contributed by atoms with Crippen molar-refractivity contribution in [2.24, 2.45) is 0 Å². The van der Waals surface area contributed by atoms with Gasteiger partial charge in [0, 0.05) is 45.7 Å². The minimum absolute atomic E-state index is 0.157. The molecule has 8 nitrogen and oxygen atoms in total. The van der Waals surface area contributed by atoms with Crippen molar-refractivity contribution in [2.45, 2.75) is 34.2 Å². The van der Waals surface area contributed by atoms with Gasteiger partial charge in [-0.2, -0.15) is 0 Å². The fourth-order valence-electron chi connectivity index (χ4n) is 4.99. The second kappa shape index (κ2) is 12.5. The zero-order valence-electron chi connectivity index (χ0n) is 24.5. The van der Waals surface area contributed by atoms with E-state index < -0.39 is 0 Å². The zero-order chi connectivity index (χ0) is 30.5. The van der Waals surface area contributed by atoms with Crippen LogP contribution in [-0.2, 0) is 6.54 Å². The van der Waals surface area contributed by atoms with Crippen molar-refractivity contribution < 1.29 is 9.59 Å². The van der Waals surface area contributed by atoms with E-state index in [2.05, 4.69) is 38.4 Å². The molecule has 43 heavy (non-hydrogen) atoms. The topological polar surface area (TPSA) is 105 Å². The van der Waals surface area contributed by atoms with Gasteiger partial charge < -0.3 is 20.2 Å². The number of H-pyrrole nitrogens is 1. The summed E-state index contributed by atoms with van der Waals surface area (Å²) in [5.41, 5.74) is 7.44. The number of pyridine rings is 2. The first-order chi connectivity index (χ1) is 20.8. The van der Waals surface area contributed by atoms with Gasteiger partial charge in [0.15, 0.2) is 11.6 Å². The number of rotatable bonds is 5. The average Bonchev–Trinajstić information content (AvgIpc) is 3.46. The Morgan fingerprint density at radius 3 is 1.88 bits per heavy atom. The second-order valence-corrected chi connectivity index (χ2v) is 10.2. The highest BCUT2D eigenvalue weighted by atomic mass is 16.2. The lowest BCUT2D eigenvalue weighted by molar-refractivity contribution is 0.101. The Morgan fingerprint density at radius 2 is 1.30 bits per heavy atom. The highest BCUT2D eigenvalue weighted by Crippen LogP contribution is 2.30. The van der Waals surface area contributed by atoms with E-state index in [0.29, 0.717) is 29.3 Å². The van der Waals surface area contributed by atoms with E-state index in [1.165, 1.54) is 5.56 Å². The number of hydrogen-bond donors (Lipinski definition) is 3. The smallest absolute Gasteiger partial charge is 0.256 e. The summed E-state index contributed by atoms with van der Waals surface area (Å²) in [4.78, 5) is 36.5. The molecular weight excluding hydrogens is 536 g/mol. The van der Waals surface area contributed by atoms with Crippen LogP contribution >= 0.6 is 0 Å². The van der Waals surface area contributed by atoms with Crippen molar-refractivity contribution in [3.05, 3.63) is 119 Å². The number of aromatic amines is 1. The molecule has 3 N–H and O–H groups in total. The number of anilines is 2. The number of nitrogens with one attached hydrogen (secondary N) is 3. The molecule has 0 aliphatic heterocycles. The van der Waals surface area contributed by atoms with Gasteiger partial charge >= 0.3 is 0 Å². The summed E-state index contributed by atoms with van der Waals surface area (Å²) < 4.78 is 2.01. The number of fused-ring (bicyclic) bond motifs is 2. The summed E-state index contributed by atoms with van der Waals surface area (Å²) in [5, 5.41) is 7.90. The highest BCUT2D eigenvalue weighted by molar-refractivity contribution is 6.08. The molecule has 0 bridgehead atoms. The lowest BCUT2D eigenvalue weighted by Crippen LogP contribution is -2.14. The predicted molar refractivity (Wildman–Crippen MR) is 172 cm³/mol. The molecule has 0 aliphatic carbocycles. The van der Waals surface area contributed by atoms with Gasteiger partial charge in [0.1, 0.15) is 0 Å². The van der Waals surface area contributed by atoms with Crippen molar-refractivity contribution in [3.63, 3.8) is 0 Å². The van der Waals surface area contributed by atoms with Crippen LogP contribution in [0.5, 0.6) is 0 Å². The molecule has 0 unspecified atom stereocenters. The monoisotopic (exact) mass is 568 g/mol. The summed E-state index contributed by atoms with van der Waals surface area (Å²) in [7, 11) is 0. The van der Waals surface area contributed by atoms with Gasteiger partial charge in [-0.15, -0.1) is 6.42 Å². The largest absolute Gasteiger partial charge is 0.355 e. The lowest BCUT2D eigenvalue weighted by atomic mass is 10.2. The summed E-state index contributed by atoms with van der Waals surface area (Å²) >= 11 is 0. The summed E-state index contributed by atoms with van der Waals surface area (Å²) in [6, 6.07) is 22.1. The number of hydrogen-bond acceptors (Lipinski definition) is 4. The molecule has 6 aromatic rings. The van der Waals surface area contributed by atoms with Crippen LogP contribution < -0.4 is 10.6 Å². The van der Waals surface area contributed by atoms with Gasteiger partial charge in [-0.1, -0.05) is 42.3 Å². The molecule has 4 heterocycles. The maximum Gasteiger partial charge on any atom is 0.256 e. The number of aryl methyl sites for hydroxylation is 3. The van der Waals surface area contributed by atoms with E-state index in [1.807, 2.05) is 73.9 Å². The molecule has 2 aromatic carbocycles. The molecule has 0 radical (unpaired) electrons. The zero-order valence-corrected chi connectivity index (χ0v) is 24.5. The van der Waals surface area contributed by atoms with Crippen molar-refractivity contribution in [1.29, 1.82) is 0 Å². The number of carbonyl (C=O) groups is 2. The lowest BCUT2D eigenvalue weighted by Gasteiger charge is -2.09. The van der Waals surface area contributed by atoms with E-state index in [0.717, 1.165) is 38.8 Å². The minimum atomic E-state index is -0.186. The number of terminal acetylenes is 1. The maximum atomic E-state index is 12.4. The van der Waals surface area contributed by atoms with Crippen LogP contribution in [0.15, 0.2) is 85.2 Å². The molecule has 214 valence electrons. The van der Waals surface area contributed by atoms with Crippen molar-refractivity contribution in [3.8, 4) is 12.3 Å². The van der Waals surface area contributed by atoms with Crippen LogP contribution in [0, 0.1) is 40.0 Å². The normalized spacial score (nSPS) is 10.6. The Bertz CT molecular complexity index is 1980. The number of benzene rings is 2. The van der Waals surface area contributed by atoms with Crippen molar-refractivity contribution >= 4 is 45.3 Å². The Kier molecular flexibility index (Phi) is 8.35. The van der Waals surface area contributed by atoms with Gasteiger partial charge in [0.05, 0.1) is 17.6 Å². The molecule has 0 saturated carbocycles. The first kappa shape index (κ1) is 28.8. The standard InChI is InChI=1S/C19H17N3O.C16H15N3O/c1-4-12-22-14(3)13(2)16-10-11-20-18(17(16)22)21-19(23)15-8-6-5-7-9-15;1-10-11(2)18-14-13(10)8-9-17-15(14)19-16(20)12-6-4-3-5-7-12/h1,5-11H,12H2,2-3H3,(H,20,21,23);3-9,18H,1-2H3,(H,17,19,20). The van der Waals surface area contributed by atoms with Crippen LogP contribution in [0.1, 0.15) is 43.2 Å². The van der Waals surface area contributed by atoms with Crippen molar-refractivity contribution in [2.75, 3.05) is 10.6 Å². The fraction of sp³-hybridized carbons (Fsp3) is 0.143. The van der Waals surface area contributed by atoms with E-state index in [-0.39, 0.29) is 11.8 Å². The van der Waals surface area contributed by atoms with Crippen LogP contribution in [0.3, 0.4) is 0 Å². The van der Waals surface area contributed by atoms with Crippen LogP contribution in [0.4, 0.5) is 11.6 Å². The average molecular weight is 569 g/mol. The Hall–Kier alpha value is -5.68. The molecule has 6 rings (SSSR count). The Balaban J connectivity index is 0.000000173. The molecule has 0 spiro atoms. The predicted octanol–water partition coefficient (Wildman–Crippen LogP) is 6.97. The number of amides is 2. The van der Waals surface area contributed by atoms with Crippen LogP contribution in [0.2, 0.25) is 0 Å². The fourth-order valence-corrected chi connectivity index (χ4v) is 4.99. The molecule has 0 aliphatic rings. The molecule has 0 atom stereocenters. The molecule has 2 amide bonds. The minimum Gasteiger partial charge on any atom is -0.355 e. The molecular formula is C35H32N6O2.